The Balaban J connectivity index is 0.000000117. The van der Waals surface area contributed by atoms with Crippen molar-refractivity contribution in [1.29, 1.82) is 0 Å². The third kappa shape index (κ3) is 19.3. The summed E-state index contributed by atoms with van der Waals surface area (Å²) in [5.74, 6) is 4.17. The number of rotatable bonds is 28. The van der Waals surface area contributed by atoms with Crippen LogP contribution < -0.4 is 26.2 Å². The zero-order chi connectivity index (χ0) is 85.2. The Labute approximate surface area is 731 Å². The lowest BCUT2D eigenvalue weighted by molar-refractivity contribution is 0.122. The molecular formula is C86H95N33OS4. The number of aromatic amines is 4. The third-order valence-corrected chi connectivity index (χ3v) is 24.3. The SMILES string of the molecule is C=C(OCC)C1CCCN(Cc2cc(Nc3nc(C)cn4c(-c5cn[nH]c5)cnc34)sn2)C1.CCN(Cc1cc(Nc2nc(C)cn3c(-c4cn[nH]c4)cnc23)sn1)C(C)C.CCN(Cc1ccncc1)Cc1cc(Nc2nc(C)cn3c(-c4cn[nH]c4)cnc23)sn1.Cc1cn2c(-c3cn[nH]c3)cnc2c(Nc2cc(CN3CCc4ccccc43)ns2)n1. The molecular weight excluding hydrogens is 1640 g/mol. The summed E-state index contributed by atoms with van der Waals surface area (Å²) in [6, 6.07) is 21.6. The number of aryl methyl sites for hydroxylation is 4. The van der Waals surface area contributed by atoms with E-state index < -0.39 is 0 Å². The van der Waals surface area contributed by atoms with Crippen LogP contribution in [0, 0.1) is 33.6 Å². The van der Waals surface area contributed by atoms with E-state index in [-0.39, 0.29) is 0 Å². The van der Waals surface area contributed by atoms with Gasteiger partial charge in [0.25, 0.3) is 0 Å². The molecule has 1 aromatic carbocycles. The normalized spacial score (nSPS) is 13.4. The number of pyridine rings is 1. The van der Waals surface area contributed by atoms with Crippen molar-refractivity contribution >= 4 is 118 Å². The van der Waals surface area contributed by atoms with Crippen LogP contribution in [0.25, 0.3) is 67.6 Å². The zero-order valence-electron chi connectivity index (χ0n) is 70.1. The Kier molecular flexibility index (Phi) is 25.4. The number of benzene rings is 1. The molecule has 0 saturated carbocycles. The maximum absolute atomic E-state index is 5.66. The molecule has 38 heteroatoms. The van der Waals surface area contributed by atoms with Crippen LogP contribution in [0.3, 0.4) is 0 Å². The first-order valence-corrected chi connectivity index (χ1v) is 44.2. The van der Waals surface area contributed by atoms with Crippen LogP contribution in [0.4, 0.5) is 49.0 Å². The van der Waals surface area contributed by atoms with Crippen molar-refractivity contribution in [2.45, 2.75) is 120 Å². The van der Waals surface area contributed by atoms with Crippen LogP contribution in [0.1, 0.15) is 104 Å². The molecule has 0 amide bonds. The van der Waals surface area contributed by atoms with Crippen molar-refractivity contribution in [3.05, 3.63) is 241 Å². The second-order valence-corrected chi connectivity index (χ2v) is 33.8. The number of fused-ring (bicyclic) bond motifs is 5. The van der Waals surface area contributed by atoms with Gasteiger partial charge in [0.05, 0.1) is 137 Å². The monoisotopic (exact) mass is 1730 g/mol. The standard InChI is InChI=1S/C23H28N8OS.C22H23N9S.C22H20N8S.C19H24N8S/c1-4-32-16(3)17-6-5-7-30(13-17)14-19-8-21(33-29-19)28-22-23-24-11-20(18-9-25-26-10-18)31(23)12-15(2)27-22;1-3-30(13-16-4-6-23-7-5-16)14-18-8-20(32-29-18)28-21-22-24-11-19(17-9-25-26-10-17)31(22)12-15(2)27-21;1-14-12-30-19(16-9-24-25-10-16)11-23-22(30)21(26-14)27-20-8-17(28-31-20)13-29-7-6-15-4-2-3-5-18(15)29;1-5-26(12(2)3)11-15-6-17(28-25-15)24-18-19-20-9-16(14-7-21-22-8-14)27(19)10-13(4)23-18/h8-12,17H,3-7,13-14H2,1-2H3,(H,25,26)(H,27,28);4-12H,3,13-14H2,1-2H3,(H,25,26)(H,27,28);2-5,8-12H,6-7,13H2,1H3,(H,24,25)(H,26,27);6-10,12H,5,11H2,1-4H3,(H,21,22)(H,23,24). The largest absolute Gasteiger partial charge is 0.499 e. The number of piperidine rings is 1. The first-order valence-electron chi connectivity index (χ1n) is 41.1. The summed E-state index contributed by atoms with van der Waals surface area (Å²) in [6.45, 7) is 32.6. The van der Waals surface area contributed by atoms with Gasteiger partial charge in [-0.2, -0.15) is 37.9 Å². The number of nitrogens with one attached hydrogen (secondary N) is 8. The molecule has 20 rings (SSSR count). The van der Waals surface area contributed by atoms with Crippen LogP contribution in [0.15, 0.2) is 185 Å². The molecule has 124 heavy (non-hydrogen) atoms. The number of likely N-dealkylation sites (tertiary alicyclic amines) is 1. The van der Waals surface area contributed by atoms with Gasteiger partial charge in [0, 0.05) is 141 Å². The lowest BCUT2D eigenvalue weighted by Crippen LogP contribution is -2.36. The molecule has 2 aliphatic rings. The molecule has 0 bridgehead atoms. The fourth-order valence-electron chi connectivity index (χ4n) is 15.3. The van der Waals surface area contributed by atoms with Gasteiger partial charge in [0.15, 0.2) is 45.9 Å². The molecule has 1 saturated heterocycles. The highest BCUT2D eigenvalue weighted by atomic mass is 32.1. The lowest BCUT2D eigenvalue weighted by atomic mass is 9.96. The third-order valence-electron chi connectivity index (χ3n) is 21.3. The summed E-state index contributed by atoms with van der Waals surface area (Å²) >= 11 is 5.77. The minimum Gasteiger partial charge on any atom is -0.499 e. The molecule has 0 spiro atoms. The van der Waals surface area contributed by atoms with Crippen molar-refractivity contribution in [1.82, 2.24) is 135 Å². The molecule has 1 atom stereocenters. The van der Waals surface area contributed by atoms with Crippen molar-refractivity contribution in [3.63, 3.8) is 0 Å². The minimum atomic E-state index is 0.393. The Morgan fingerprint density at radius 2 is 0.927 bits per heavy atom. The predicted octanol–water partition coefficient (Wildman–Crippen LogP) is 16.5. The van der Waals surface area contributed by atoms with Gasteiger partial charge in [0.2, 0.25) is 0 Å². The Bertz CT molecular complexity index is 6550. The van der Waals surface area contributed by atoms with E-state index in [4.69, 9.17) is 4.74 Å². The van der Waals surface area contributed by atoms with Gasteiger partial charge in [-0.05, 0) is 187 Å². The van der Waals surface area contributed by atoms with Gasteiger partial charge >= 0.3 is 0 Å². The van der Waals surface area contributed by atoms with E-state index >= 15 is 0 Å². The van der Waals surface area contributed by atoms with Crippen LogP contribution in [0.5, 0.6) is 0 Å². The summed E-state index contributed by atoms with van der Waals surface area (Å²) in [4.78, 5) is 50.7. The number of para-hydroxylation sites is 1. The van der Waals surface area contributed by atoms with Gasteiger partial charge in [-0.1, -0.05) is 38.6 Å². The quantitative estimate of drug-likeness (QED) is 0.0211. The number of nitrogens with zero attached hydrogens (tertiary/aromatic N) is 25. The summed E-state index contributed by atoms with van der Waals surface area (Å²) in [5.41, 5.74) is 22.6. The summed E-state index contributed by atoms with van der Waals surface area (Å²) in [6.07, 6.45) is 36.9. The second kappa shape index (κ2) is 38.0. The molecule has 1 fully saturated rings. The number of ether oxygens (including phenoxy) is 1. The topological polar surface area (TPSA) is 370 Å². The lowest BCUT2D eigenvalue weighted by Gasteiger charge is -2.32. The highest BCUT2D eigenvalue weighted by Gasteiger charge is 2.27. The van der Waals surface area contributed by atoms with Gasteiger partial charge in [-0.3, -0.25) is 57.7 Å². The van der Waals surface area contributed by atoms with E-state index in [0.29, 0.717) is 30.2 Å². The molecule has 17 aromatic heterocycles. The van der Waals surface area contributed by atoms with E-state index in [0.717, 1.165) is 235 Å². The molecule has 34 nitrogen and oxygen atoms in total. The summed E-state index contributed by atoms with van der Waals surface area (Å²) in [7, 11) is 0. The van der Waals surface area contributed by atoms with Gasteiger partial charge < -0.3 is 30.9 Å². The molecule has 0 aliphatic carbocycles. The number of anilines is 9. The second-order valence-electron chi connectivity index (χ2n) is 30.5. The summed E-state index contributed by atoms with van der Waals surface area (Å²) < 4.78 is 32.4. The van der Waals surface area contributed by atoms with Crippen molar-refractivity contribution < 1.29 is 4.74 Å². The average Bonchev–Trinajstić information content (AvgIpc) is 1.64. The molecule has 1 unspecified atom stereocenters. The maximum Gasteiger partial charge on any atom is 0.180 e. The van der Waals surface area contributed by atoms with E-state index in [9.17, 15) is 0 Å². The zero-order valence-corrected chi connectivity index (χ0v) is 73.4. The van der Waals surface area contributed by atoms with E-state index in [1.165, 1.54) is 62.9 Å². The molecule has 634 valence electrons. The average molecular weight is 1740 g/mol. The van der Waals surface area contributed by atoms with Crippen LogP contribution >= 0.6 is 46.1 Å². The number of imidazole rings is 4. The smallest absolute Gasteiger partial charge is 0.180 e. The van der Waals surface area contributed by atoms with Crippen LogP contribution in [0.2, 0.25) is 0 Å². The fraction of sp³-hybridized carbons (Fsp3) is 0.291. The van der Waals surface area contributed by atoms with E-state index in [2.05, 4.69) is 227 Å². The fourth-order valence-corrected chi connectivity index (χ4v) is 17.9. The first-order chi connectivity index (χ1) is 60.6. The predicted molar refractivity (Wildman–Crippen MR) is 488 cm³/mol. The highest BCUT2D eigenvalue weighted by molar-refractivity contribution is 7.11. The van der Waals surface area contributed by atoms with Crippen molar-refractivity contribution in [2.75, 3.05) is 65.5 Å². The number of aromatic nitrogens is 25. The Morgan fingerprint density at radius 1 is 0.508 bits per heavy atom. The molecule has 18 aromatic rings. The van der Waals surface area contributed by atoms with Gasteiger partial charge in [-0.25, -0.2) is 39.9 Å². The highest BCUT2D eigenvalue weighted by Crippen LogP contribution is 2.36. The van der Waals surface area contributed by atoms with Crippen LogP contribution in [-0.4, -0.2) is 181 Å². The van der Waals surface area contributed by atoms with E-state index in [1.807, 2.05) is 151 Å². The van der Waals surface area contributed by atoms with Gasteiger partial charge in [-0.15, -0.1) is 0 Å². The minimum absolute atomic E-state index is 0.393. The molecule has 8 N–H and O–H groups in total. The number of hydrogen-bond acceptors (Lipinski definition) is 30. The first kappa shape index (κ1) is 82.9. The maximum atomic E-state index is 5.66. The molecule has 2 aliphatic heterocycles. The molecule has 19 heterocycles. The van der Waals surface area contributed by atoms with Crippen molar-refractivity contribution in [3.8, 4) is 45.0 Å². The summed E-state index contributed by atoms with van der Waals surface area (Å²) in [5, 5.41) is 45.1. The number of H-pyrrole nitrogens is 4. The molecule has 0 radical (unpaired) electrons. The number of hydrogen-bond donors (Lipinski definition) is 8. The van der Waals surface area contributed by atoms with E-state index in [1.54, 1.807) is 24.8 Å². The van der Waals surface area contributed by atoms with Crippen LogP contribution in [-0.2, 0) is 43.9 Å². The van der Waals surface area contributed by atoms with Crippen molar-refractivity contribution in [2.24, 2.45) is 5.92 Å². The Morgan fingerprint density at radius 3 is 1.34 bits per heavy atom. The van der Waals surface area contributed by atoms with Gasteiger partial charge in [0.1, 0.15) is 20.0 Å². The Hall–Kier alpha value is -13.4.